The Morgan fingerprint density at radius 1 is 1.25 bits per heavy atom. The van der Waals surface area contributed by atoms with Gasteiger partial charge in [0, 0.05) is 25.0 Å². The van der Waals surface area contributed by atoms with E-state index >= 15 is 0 Å². The summed E-state index contributed by atoms with van der Waals surface area (Å²) in [6.45, 7) is 0. The number of rotatable bonds is 6. The van der Waals surface area contributed by atoms with E-state index in [9.17, 15) is 19.7 Å². The third-order valence-electron chi connectivity index (χ3n) is 3.20. The van der Waals surface area contributed by atoms with Gasteiger partial charge in [-0.05, 0) is 17.5 Å². The highest BCUT2D eigenvalue weighted by Crippen LogP contribution is 2.29. The number of thiazole rings is 1. The maximum absolute atomic E-state index is 11.9. The lowest BCUT2D eigenvalue weighted by atomic mass is 10.2. The number of non-ortho nitro benzene ring substituents is 1. The van der Waals surface area contributed by atoms with Gasteiger partial charge in [0.15, 0.2) is 10.9 Å². The number of nitrogens with one attached hydrogen (secondary N) is 1. The Labute approximate surface area is 144 Å². The van der Waals surface area contributed by atoms with E-state index in [4.69, 9.17) is 0 Å². The zero-order chi connectivity index (χ0) is 17.1. The molecule has 3 rings (SSSR count). The standard InChI is InChI=1S/C15H11N3O4S2/c19-11(12-2-1-7-23-12)5-6-14(20)17-15-16-10-4-3-9(18(21)22)8-13(10)24-15/h1-4,7-8H,5-6H2,(H,16,17,20). The van der Waals surface area contributed by atoms with Crippen LogP contribution in [0, 0.1) is 10.1 Å². The number of anilines is 1. The second-order valence-corrected chi connectivity index (χ2v) is 6.86. The summed E-state index contributed by atoms with van der Waals surface area (Å²) in [4.78, 5) is 38.9. The van der Waals surface area contributed by atoms with Crippen LogP contribution in [-0.4, -0.2) is 21.6 Å². The molecular weight excluding hydrogens is 350 g/mol. The van der Waals surface area contributed by atoms with Crippen molar-refractivity contribution in [2.24, 2.45) is 0 Å². The Bertz CT molecular complexity index is 918. The third-order valence-corrected chi connectivity index (χ3v) is 5.05. The number of fused-ring (bicyclic) bond motifs is 1. The first-order chi connectivity index (χ1) is 11.5. The van der Waals surface area contributed by atoms with E-state index in [1.807, 2.05) is 5.38 Å². The van der Waals surface area contributed by atoms with Crippen LogP contribution in [0.15, 0.2) is 35.7 Å². The minimum absolute atomic E-state index is 0.0226. The highest BCUT2D eigenvalue weighted by atomic mass is 32.1. The van der Waals surface area contributed by atoms with Crippen molar-refractivity contribution in [2.75, 3.05) is 5.32 Å². The molecule has 1 N–H and O–H groups in total. The molecule has 0 fully saturated rings. The zero-order valence-electron chi connectivity index (χ0n) is 12.2. The number of amides is 1. The van der Waals surface area contributed by atoms with Crippen LogP contribution in [0.1, 0.15) is 22.5 Å². The number of benzene rings is 1. The fourth-order valence-electron chi connectivity index (χ4n) is 2.05. The lowest BCUT2D eigenvalue weighted by Gasteiger charge is -2.00. The normalized spacial score (nSPS) is 10.7. The van der Waals surface area contributed by atoms with E-state index in [2.05, 4.69) is 10.3 Å². The Kier molecular flexibility index (Phi) is 4.63. The number of carbonyl (C=O) groups excluding carboxylic acids is 2. The van der Waals surface area contributed by atoms with Gasteiger partial charge in [0.05, 0.1) is 20.0 Å². The molecule has 2 aromatic heterocycles. The molecule has 1 amide bonds. The average Bonchev–Trinajstić information content (AvgIpc) is 3.20. The Balaban J connectivity index is 1.63. The predicted molar refractivity (Wildman–Crippen MR) is 92.8 cm³/mol. The summed E-state index contributed by atoms with van der Waals surface area (Å²) in [6.07, 6.45) is 0.190. The SMILES string of the molecule is O=C(CCC(=O)c1cccs1)Nc1nc2ccc([N+](=O)[O-])cc2s1. The van der Waals surface area contributed by atoms with Crippen molar-refractivity contribution in [1.82, 2.24) is 4.98 Å². The molecule has 2 heterocycles. The largest absolute Gasteiger partial charge is 0.302 e. The quantitative estimate of drug-likeness (QED) is 0.408. The number of Topliss-reactive ketones (excluding diaryl/α,β-unsaturated/α-hetero) is 1. The van der Waals surface area contributed by atoms with Crippen LogP contribution in [0.4, 0.5) is 10.8 Å². The summed E-state index contributed by atoms with van der Waals surface area (Å²) in [6, 6.07) is 7.85. The summed E-state index contributed by atoms with van der Waals surface area (Å²) in [5, 5.41) is 15.6. The molecular formula is C15H11N3O4S2. The topological polar surface area (TPSA) is 102 Å². The summed E-state index contributed by atoms with van der Waals surface area (Å²) < 4.78 is 0.620. The Morgan fingerprint density at radius 3 is 2.79 bits per heavy atom. The van der Waals surface area contributed by atoms with Gasteiger partial charge in [0.1, 0.15) is 0 Å². The number of nitro benzene ring substituents is 1. The molecule has 0 saturated carbocycles. The minimum Gasteiger partial charge on any atom is -0.302 e. The van der Waals surface area contributed by atoms with E-state index in [1.165, 1.54) is 23.5 Å². The van der Waals surface area contributed by atoms with Gasteiger partial charge in [-0.25, -0.2) is 4.98 Å². The number of nitro groups is 1. The monoisotopic (exact) mass is 361 g/mol. The molecule has 0 atom stereocenters. The van der Waals surface area contributed by atoms with Crippen molar-refractivity contribution in [1.29, 1.82) is 0 Å². The molecule has 0 aliphatic carbocycles. The van der Waals surface area contributed by atoms with Crippen LogP contribution < -0.4 is 5.32 Å². The molecule has 0 aliphatic rings. The van der Waals surface area contributed by atoms with Crippen molar-refractivity contribution < 1.29 is 14.5 Å². The maximum Gasteiger partial charge on any atom is 0.270 e. The number of thiophene rings is 1. The number of carbonyl (C=O) groups is 2. The second-order valence-electron chi connectivity index (χ2n) is 4.88. The fraction of sp³-hybridized carbons (Fsp3) is 0.133. The van der Waals surface area contributed by atoms with Crippen LogP contribution in [-0.2, 0) is 4.79 Å². The second kappa shape index (κ2) is 6.85. The summed E-state index contributed by atoms with van der Waals surface area (Å²) in [5.74, 6) is -0.381. The predicted octanol–water partition coefficient (Wildman–Crippen LogP) is 3.87. The molecule has 0 unspecified atom stereocenters. The van der Waals surface area contributed by atoms with Crippen LogP contribution in [0.2, 0.25) is 0 Å². The van der Waals surface area contributed by atoms with Gasteiger partial charge in [0.2, 0.25) is 5.91 Å². The lowest BCUT2D eigenvalue weighted by Crippen LogP contribution is -2.12. The molecule has 0 aliphatic heterocycles. The van der Waals surface area contributed by atoms with Crippen LogP contribution in [0.3, 0.4) is 0 Å². The molecule has 0 radical (unpaired) electrons. The first kappa shape index (κ1) is 16.2. The average molecular weight is 361 g/mol. The van der Waals surface area contributed by atoms with Gasteiger partial charge in [-0.3, -0.25) is 19.7 Å². The zero-order valence-corrected chi connectivity index (χ0v) is 13.9. The molecule has 9 heteroatoms. The molecule has 122 valence electrons. The van der Waals surface area contributed by atoms with E-state index < -0.39 is 4.92 Å². The fourth-order valence-corrected chi connectivity index (χ4v) is 3.66. The Morgan fingerprint density at radius 2 is 2.08 bits per heavy atom. The van der Waals surface area contributed by atoms with Gasteiger partial charge < -0.3 is 5.32 Å². The maximum atomic E-state index is 11.9. The van der Waals surface area contributed by atoms with Crippen molar-refractivity contribution >= 4 is 55.4 Å². The van der Waals surface area contributed by atoms with Gasteiger partial charge in [-0.15, -0.1) is 11.3 Å². The molecule has 3 aromatic rings. The molecule has 1 aromatic carbocycles. The van der Waals surface area contributed by atoms with Gasteiger partial charge in [-0.1, -0.05) is 17.4 Å². The highest BCUT2D eigenvalue weighted by molar-refractivity contribution is 7.22. The van der Waals surface area contributed by atoms with E-state index in [-0.39, 0.29) is 30.2 Å². The first-order valence-electron chi connectivity index (χ1n) is 6.94. The summed E-state index contributed by atoms with van der Waals surface area (Å²) in [5.41, 5.74) is 0.557. The van der Waals surface area contributed by atoms with Gasteiger partial charge in [-0.2, -0.15) is 0 Å². The molecule has 24 heavy (non-hydrogen) atoms. The lowest BCUT2D eigenvalue weighted by molar-refractivity contribution is -0.384. The summed E-state index contributed by atoms with van der Waals surface area (Å²) >= 11 is 2.51. The van der Waals surface area contributed by atoms with Gasteiger partial charge in [0.25, 0.3) is 5.69 Å². The molecule has 0 spiro atoms. The van der Waals surface area contributed by atoms with Gasteiger partial charge >= 0.3 is 0 Å². The first-order valence-corrected chi connectivity index (χ1v) is 8.64. The molecule has 0 bridgehead atoms. The van der Waals surface area contributed by atoms with E-state index in [0.717, 1.165) is 11.3 Å². The number of ketones is 1. The number of aromatic nitrogens is 1. The third kappa shape index (κ3) is 3.63. The van der Waals surface area contributed by atoms with Crippen molar-refractivity contribution in [3.63, 3.8) is 0 Å². The van der Waals surface area contributed by atoms with E-state index in [0.29, 0.717) is 20.2 Å². The van der Waals surface area contributed by atoms with Crippen LogP contribution in [0.25, 0.3) is 10.2 Å². The number of nitrogens with zero attached hydrogens (tertiary/aromatic N) is 2. The van der Waals surface area contributed by atoms with Crippen molar-refractivity contribution in [2.45, 2.75) is 12.8 Å². The number of hydrogen-bond donors (Lipinski definition) is 1. The van der Waals surface area contributed by atoms with Crippen molar-refractivity contribution in [3.05, 3.63) is 50.7 Å². The smallest absolute Gasteiger partial charge is 0.270 e. The van der Waals surface area contributed by atoms with Crippen LogP contribution in [0.5, 0.6) is 0 Å². The molecule has 7 nitrogen and oxygen atoms in total. The highest BCUT2D eigenvalue weighted by Gasteiger charge is 2.14. The van der Waals surface area contributed by atoms with Crippen LogP contribution >= 0.6 is 22.7 Å². The Hall–Kier alpha value is -2.65. The molecule has 0 saturated heterocycles. The summed E-state index contributed by atoms with van der Waals surface area (Å²) in [7, 11) is 0. The van der Waals surface area contributed by atoms with E-state index in [1.54, 1.807) is 18.2 Å². The van der Waals surface area contributed by atoms with Crippen molar-refractivity contribution in [3.8, 4) is 0 Å². The minimum atomic E-state index is -0.479. The number of hydrogen-bond acceptors (Lipinski definition) is 7.